The van der Waals surface area contributed by atoms with Gasteiger partial charge in [-0.15, -0.1) is 0 Å². The number of fused-ring (bicyclic) bond motifs is 1. The van der Waals surface area contributed by atoms with Crippen LogP contribution in [0.4, 0.5) is 0 Å². The molecule has 1 saturated heterocycles. The van der Waals surface area contributed by atoms with E-state index in [9.17, 15) is 4.79 Å². The minimum atomic E-state index is -0.678. The molecule has 0 aromatic carbocycles. The molecule has 3 unspecified atom stereocenters. The van der Waals surface area contributed by atoms with Crippen molar-refractivity contribution < 1.29 is 9.90 Å². The molecule has 1 heterocycles. The number of carboxylic acid groups (broad SMARTS) is 1. The predicted octanol–water partition coefficient (Wildman–Crippen LogP) is 0.817. The van der Waals surface area contributed by atoms with Crippen LogP contribution in [0.25, 0.3) is 0 Å². The van der Waals surface area contributed by atoms with Crippen molar-refractivity contribution in [2.45, 2.75) is 19.9 Å². The molecule has 1 saturated carbocycles. The Morgan fingerprint density at radius 2 is 2.25 bits per heavy atom. The van der Waals surface area contributed by atoms with Crippen molar-refractivity contribution in [3.63, 3.8) is 0 Å². The number of piperidine rings is 1. The summed E-state index contributed by atoms with van der Waals surface area (Å²) < 4.78 is 1.88. The quantitative estimate of drug-likeness (QED) is 0.618. The van der Waals surface area contributed by atoms with Gasteiger partial charge in [0.15, 0.2) is 0 Å². The first kappa shape index (κ1) is 8.46. The van der Waals surface area contributed by atoms with Crippen LogP contribution in [0.1, 0.15) is 13.8 Å². The molecule has 4 atom stereocenters. The lowest BCUT2D eigenvalue weighted by molar-refractivity contribution is -0.141. The number of hydrogen-bond acceptors (Lipinski definition) is 2. The second kappa shape index (κ2) is 2.21. The lowest BCUT2D eigenvalue weighted by Crippen LogP contribution is -2.35. The third kappa shape index (κ3) is 0.868. The van der Waals surface area contributed by atoms with Crippen molar-refractivity contribution in [2.75, 3.05) is 6.54 Å². The number of aliphatic carboxylic acids is 1. The summed E-state index contributed by atoms with van der Waals surface area (Å²) in [4.78, 5) is 10.9. The van der Waals surface area contributed by atoms with Crippen LogP contribution < -0.4 is 0 Å². The van der Waals surface area contributed by atoms with Gasteiger partial charge in [0.2, 0.25) is 0 Å². The van der Waals surface area contributed by atoms with Crippen LogP contribution in [-0.2, 0) is 4.79 Å². The van der Waals surface area contributed by atoms with Gasteiger partial charge in [-0.2, -0.15) is 0 Å². The van der Waals surface area contributed by atoms with Gasteiger partial charge in [0.25, 0.3) is 0 Å². The van der Waals surface area contributed by atoms with E-state index in [1.807, 2.05) is 4.67 Å². The highest BCUT2D eigenvalue weighted by Gasteiger charge is 2.67. The largest absolute Gasteiger partial charge is 0.480 e. The molecule has 2 fully saturated rings. The third-order valence-electron chi connectivity index (χ3n) is 3.50. The maximum absolute atomic E-state index is 10.9. The molecule has 1 aliphatic heterocycles. The summed E-state index contributed by atoms with van der Waals surface area (Å²) >= 11 is 0. The standard InChI is InChI=1S/C8H14NO2P/c1-8(2)4-3-9(12)6(5(4)8)7(10)11/h4-6H,3,12H2,1-2H3,(H,10,11)/t4-,5?,6?/m0/s1. The highest BCUT2D eigenvalue weighted by Crippen LogP contribution is 2.65. The normalized spacial score (nSPS) is 44.1. The molecule has 1 aliphatic carbocycles. The summed E-state index contributed by atoms with van der Waals surface area (Å²) in [7, 11) is 2.52. The van der Waals surface area contributed by atoms with Crippen LogP contribution in [0.2, 0.25) is 0 Å². The van der Waals surface area contributed by atoms with E-state index in [1.54, 1.807) is 0 Å². The second-order valence-corrected chi connectivity index (χ2v) is 5.10. The molecule has 0 spiro atoms. The van der Waals surface area contributed by atoms with E-state index in [0.717, 1.165) is 6.54 Å². The Morgan fingerprint density at radius 3 is 2.58 bits per heavy atom. The predicted molar refractivity (Wildman–Crippen MR) is 48.6 cm³/mol. The van der Waals surface area contributed by atoms with Crippen molar-refractivity contribution in [2.24, 2.45) is 17.3 Å². The average Bonchev–Trinajstić information content (AvgIpc) is 2.40. The zero-order chi connectivity index (χ0) is 9.09. The van der Waals surface area contributed by atoms with Crippen molar-refractivity contribution >= 4 is 15.4 Å². The van der Waals surface area contributed by atoms with Gasteiger partial charge >= 0.3 is 5.97 Å². The number of nitrogens with zero attached hydrogens (tertiary/aromatic N) is 1. The lowest BCUT2D eigenvalue weighted by atomic mass is 10.0. The van der Waals surface area contributed by atoms with Gasteiger partial charge in [-0.3, -0.25) is 9.46 Å². The highest BCUT2D eigenvalue weighted by molar-refractivity contribution is 7.13. The Balaban J connectivity index is 2.19. The first-order valence-corrected chi connectivity index (χ1v) is 4.72. The van der Waals surface area contributed by atoms with Gasteiger partial charge in [-0.25, -0.2) is 0 Å². The van der Waals surface area contributed by atoms with Crippen LogP contribution in [0.15, 0.2) is 0 Å². The summed E-state index contributed by atoms with van der Waals surface area (Å²) in [6.07, 6.45) is 0. The van der Waals surface area contributed by atoms with E-state index in [4.69, 9.17) is 5.11 Å². The summed E-state index contributed by atoms with van der Waals surface area (Å²) in [5.74, 6) is 0.284. The van der Waals surface area contributed by atoms with E-state index in [1.165, 1.54) is 0 Å². The monoisotopic (exact) mass is 187 g/mol. The molecule has 0 bridgehead atoms. The fraction of sp³-hybridized carbons (Fsp3) is 0.875. The molecule has 0 aromatic rings. The molecular weight excluding hydrogens is 173 g/mol. The van der Waals surface area contributed by atoms with Gasteiger partial charge in [0.05, 0.1) is 0 Å². The van der Waals surface area contributed by atoms with Crippen LogP contribution in [0.5, 0.6) is 0 Å². The molecule has 0 radical (unpaired) electrons. The Labute approximate surface area is 74.4 Å². The molecule has 0 aromatic heterocycles. The smallest absolute Gasteiger partial charge is 0.321 e. The second-order valence-electron chi connectivity index (χ2n) is 4.43. The fourth-order valence-electron chi connectivity index (χ4n) is 2.60. The summed E-state index contributed by atoms with van der Waals surface area (Å²) in [6, 6.07) is -0.269. The zero-order valence-corrected chi connectivity index (χ0v) is 8.47. The topological polar surface area (TPSA) is 40.5 Å². The van der Waals surface area contributed by atoms with Crippen molar-refractivity contribution in [1.29, 1.82) is 0 Å². The number of carbonyl (C=O) groups is 1. The van der Waals surface area contributed by atoms with Gasteiger partial charge in [0.1, 0.15) is 6.04 Å². The number of hydrogen-bond donors (Lipinski definition) is 1. The molecule has 3 nitrogen and oxygen atoms in total. The Bertz CT molecular complexity index is 241. The van der Waals surface area contributed by atoms with Crippen LogP contribution in [0.3, 0.4) is 0 Å². The summed E-state index contributed by atoms with van der Waals surface area (Å²) in [5, 5.41) is 8.96. The van der Waals surface area contributed by atoms with Crippen LogP contribution in [-0.4, -0.2) is 28.3 Å². The third-order valence-corrected chi connectivity index (χ3v) is 4.03. The maximum atomic E-state index is 10.9. The van der Waals surface area contributed by atoms with E-state index < -0.39 is 5.97 Å². The van der Waals surface area contributed by atoms with E-state index >= 15 is 0 Å². The van der Waals surface area contributed by atoms with Crippen LogP contribution in [0, 0.1) is 17.3 Å². The molecule has 68 valence electrons. The summed E-state index contributed by atoms with van der Waals surface area (Å²) in [6.45, 7) is 5.24. The van der Waals surface area contributed by atoms with Gasteiger partial charge in [-0.05, 0) is 17.3 Å². The minimum absolute atomic E-state index is 0.260. The molecule has 0 amide bonds. The minimum Gasteiger partial charge on any atom is -0.480 e. The number of carboxylic acids is 1. The SMILES string of the molecule is CC1(C)C2C(C(=O)O)N(P)C[C@@H]21. The molecule has 4 heteroatoms. The molecule has 1 N–H and O–H groups in total. The van der Waals surface area contributed by atoms with E-state index in [0.29, 0.717) is 11.8 Å². The van der Waals surface area contributed by atoms with E-state index in [2.05, 4.69) is 23.2 Å². The van der Waals surface area contributed by atoms with Crippen molar-refractivity contribution in [3.05, 3.63) is 0 Å². The van der Waals surface area contributed by atoms with Crippen molar-refractivity contribution in [1.82, 2.24) is 4.67 Å². The molecular formula is C8H14NO2P. The van der Waals surface area contributed by atoms with Gasteiger partial charge in [-0.1, -0.05) is 23.2 Å². The molecule has 12 heavy (non-hydrogen) atoms. The number of rotatable bonds is 1. The first-order chi connectivity index (χ1) is 5.46. The van der Waals surface area contributed by atoms with Gasteiger partial charge < -0.3 is 5.11 Å². The van der Waals surface area contributed by atoms with Crippen LogP contribution >= 0.6 is 9.39 Å². The van der Waals surface area contributed by atoms with E-state index in [-0.39, 0.29) is 11.5 Å². The Morgan fingerprint density at radius 1 is 1.67 bits per heavy atom. The average molecular weight is 187 g/mol. The fourth-order valence-corrected chi connectivity index (χ4v) is 3.14. The Kier molecular flexibility index (Phi) is 1.56. The van der Waals surface area contributed by atoms with Crippen molar-refractivity contribution in [3.8, 4) is 0 Å². The first-order valence-electron chi connectivity index (χ1n) is 4.20. The van der Waals surface area contributed by atoms with Gasteiger partial charge in [0, 0.05) is 6.54 Å². The molecule has 2 aliphatic rings. The Hall–Kier alpha value is -0.140. The molecule has 2 rings (SSSR count). The lowest BCUT2D eigenvalue weighted by Gasteiger charge is -2.22. The summed E-state index contributed by atoms with van der Waals surface area (Å²) in [5.41, 5.74) is 0.260. The maximum Gasteiger partial charge on any atom is 0.321 e. The zero-order valence-electron chi connectivity index (χ0n) is 7.32. The highest BCUT2D eigenvalue weighted by atomic mass is 31.0.